The van der Waals surface area contributed by atoms with E-state index < -0.39 is 5.09 Å². The van der Waals surface area contributed by atoms with E-state index in [0.29, 0.717) is 6.42 Å². The Morgan fingerprint density at radius 1 is 1.58 bits per heavy atom. The van der Waals surface area contributed by atoms with Crippen LogP contribution in [0, 0.1) is 10.1 Å². The fourth-order valence-corrected chi connectivity index (χ4v) is 4.81. The van der Waals surface area contributed by atoms with Crippen LogP contribution in [0.25, 0.3) is 0 Å². The number of unbranched alkanes of at least 4 members (excludes halogenated alkanes) is 1. The molecule has 2 atom stereocenters. The van der Waals surface area contributed by atoms with Gasteiger partial charge in [-0.05, 0) is 26.2 Å². The van der Waals surface area contributed by atoms with Gasteiger partial charge in [0.15, 0.2) is 0 Å². The first-order valence-electron chi connectivity index (χ1n) is 6.43. The molecule has 1 rings (SSSR count). The van der Waals surface area contributed by atoms with Gasteiger partial charge in [0, 0.05) is 23.5 Å². The monoisotopic (exact) mass is 308 g/mol. The summed E-state index contributed by atoms with van der Waals surface area (Å²) >= 11 is 0. The molecule has 1 saturated heterocycles. The van der Waals surface area contributed by atoms with Crippen molar-refractivity contribution >= 4 is 27.5 Å². The van der Waals surface area contributed by atoms with Crippen LogP contribution in [0.5, 0.6) is 0 Å². The quantitative estimate of drug-likeness (QED) is 0.305. The first kappa shape index (κ1) is 16.4. The van der Waals surface area contributed by atoms with Crippen molar-refractivity contribution in [1.29, 1.82) is 0 Å². The fourth-order valence-electron chi connectivity index (χ4n) is 1.78. The molecular formula is C11H20N2O4S2. The minimum absolute atomic E-state index is 0.0621. The maximum atomic E-state index is 11.5. The van der Waals surface area contributed by atoms with Crippen LogP contribution < -0.4 is 5.32 Å². The summed E-state index contributed by atoms with van der Waals surface area (Å²) in [7, 11) is 3.89. The molecule has 8 heteroatoms. The van der Waals surface area contributed by atoms with E-state index in [4.69, 9.17) is 0 Å². The van der Waals surface area contributed by atoms with E-state index in [-0.39, 0.29) is 18.6 Å². The zero-order valence-electron chi connectivity index (χ0n) is 11.0. The van der Waals surface area contributed by atoms with E-state index in [0.717, 1.165) is 18.1 Å². The Morgan fingerprint density at radius 3 is 3.00 bits per heavy atom. The Labute approximate surface area is 120 Å². The molecule has 0 saturated carbocycles. The molecule has 0 aliphatic carbocycles. The van der Waals surface area contributed by atoms with Gasteiger partial charge in [-0.3, -0.25) is 4.79 Å². The number of carbonyl (C=O) groups is 1. The highest BCUT2D eigenvalue weighted by Crippen LogP contribution is 2.39. The lowest BCUT2D eigenvalue weighted by Gasteiger charge is -2.12. The average molecular weight is 308 g/mol. The lowest BCUT2D eigenvalue weighted by Crippen LogP contribution is -2.36. The first-order valence-corrected chi connectivity index (χ1v) is 8.81. The summed E-state index contributed by atoms with van der Waals surface area (Å²) < 4.78 is 0. The fraction of sp³-hybridized carbons (Fsp3) is 0.909. The van der Waals surface area contributed by atoms with E-state index in [1.54, 1.807) is 6.92 Å². The third-order valence-electron chi connectivity index (χ3n) is 2.74. The number of amides is 1. The van der Waals surface area contributed by atoms with Crippen LogP contribution in [0.2, 0.25) is 0 Å². The number of nitrogens with zero attached hydrogens (tertiary/aromatic N) is 1. The Kier molecular flexibility index (Phi) is 8.04. The lowest BCUT2D eigenvalue weighted by atomic mass is 10.1. The van der Waals surface area contributed by atoms with Gasteiger partial charge < -0.3 is 10.2 Å². The van der Waals surface area contributed by atoms with E-state index in [1.165, 1.54) is 18.6 Å². The van der Waals surface area contributed by atoms with Crippen molar-refractivity contribution < 1.29 is 14.7 Å². The molecule has 0 aromatic rings. The molecule has 6 nitrogen and oxygen atoms in total. The van der Waals surface area contributed by atoms with Crippen molar-refractivity contribution in [1.82, 2.24) is 5.32 Å². The maximum absolute atomic E-state index is 11.5. The highest BCUT2D eigenvalue weighted by molar-refractivity contribution is 8.77. The van der Waals surface area contributed by atoms with Gasteiger partial charge in [0.1, 0.15) is 6.61 Å². The Hall–Kier alpha value is -0.630. The van der Waals surface area contributed by atoms with Crippen molar-refractivity contribution in [2.45, 2.75) is 50.3 Å². The summed E-state index contributed by atoms with van der Waals surface area (Å²) in [5.74, 6) is 1.18. The molecule has 2 unspecified atom stereocenters. The molecular weight excluding hydrogens is 288 g/mol. The minimum Gasteiger partial charge on any atom is -0.352 e. The summed E-state index contributed by atoms with van der Waals surface area (Å²) in [4.78, 5) is 25.7. The average Bonchev–Trinajstić information content (AvgIpc) is 2.85. The molecule has 0 aromatic heterocycles. The smallest absolute Gasteiger partial charge is 0.294 e. The molecule has 1 N–H and O–H groups in total. The molecule has 0 radical (unpaired) electrons. The third-order valence-corrected chi connectivity index (χ3v) is 5.75. The third kappa shape index (κ3) is 8.20. The first-order chi connectivity index (χ1) is 9.08. The molecule has 1 aliphatic heterocycles. The largest absolute Gasteiger partial charge is 0.352 e. The highest BCUT2D eigenvalue weighted by Gasteiger charge is 2.16. The van der Waals surface area contributed by atoms with Crippen LogP contribution in [0.1, 0.15) is 39.0 Å². The molecule has 1 fully saturated rings. The number of hydrogen-bond acceptors (Lipinski definition) is 6. The predicted octanol–water partition coefficient (Wildman–Crippen LogP) is 2.41. The van der Waals surface area contributed by atoms with Crippen molar-refractivity contribution in [3.05, 3.63) is 10.1 Å². The topological polar surface area (TPSA) is 81.5 Å². The lowest BCUT2D eigenvalue weighted by molar-refractivity contribution is -0.758. The Morgan fingerprint density at radius 2 is 2.37 bits per heavy atom. The van der Waals surface area contributed by atoms with Gasteiger partial charge in [-0.1, -0.05) is 28.0 Å². The van der Waals surface area contributed by atoms with Gasteiger partial charge in [-0.2, -0.15) is 0 Å². The van der Waals surface area contributed by atoms with Crippen LogP contribution >= 0.6 is 21.6 Å². The summed E-state index contributed by atoms with van der Waals surface area (Å²) in [6, 6.07) is -0.334. The molecule has 1 heterocycles. The van der Waals surface area contributed by atoms with Crippen LogP contribution in [-0.2, 0) is 9.63 Å². The summed E-state index contributed by atoms with van der Waals surface area (Å²) in [5.41, 5.74) is 0. The van der Waals surface area contributed by atoms with E-state index in [9.17, 15) is 14.9 Å². The van der Waals surface area contributed by atoms with Crippen molar-refractivity contribution in [2.24, 2.45) is 0 Å². The van der Waals surface area contributed by atoms with Gasteiger partial charge in [0.2, 0.25) is 5.91 Å². The van der Waals surface area contributed by atoms with E-state index in [1.807, 2.05) is 21.6 Å². The number of hydrogen-bond donors (Lipinski definition) is 1. The molecule has 1 aliphatic rings. The normalized spacial score (nSPS) is 19.9. The van der Waals surface area contributed by atoms with Crippen LogP contribution in [0.3, 0.4) is 0 Å². The van der Waals surface area contributed by atoms with Crippen LogP contribution in [0.4, 0.5) is 0 Å². The highest BCUT2D eigenvalue weighted by atomic mass is 33.1. The Balaban J connectivity index is 1.98. The molecule has 1 amide bonds. The van der Waals surface area contributed by atoms with Crippen LogP contribution in [-0.4, -0.2) is 34.6 Å². The van der Waals surface area contributed by atoms with Gasteiger partial charge >= 0.3 is 0 Å². The van der Waals surface area contributed by atoms with Gasteiger partial charge in [0.05, 0.1) is 0 Å². The molecule has 19 heavy (non-hydrogen) atoms. The number of rotatable bonds is 9. The van der Waals surface area contributed by atoms with Crippen molar-refractivity contribution in [3.63, 3.8) is 0 Å². The van der Waals surface area contributed by atoms with Gasteiger partial charge in [-0.15, -0.1) is 10.1 Å². The van der Waals surface area contributed by atoms with E-state index >= 15 is 0 Å². The van der Waals surface area contributed by atoms with Crippen LogP contribution in [0.15, 0.2) is 0 Å². The molecule has 0 aromatic carbocycles. The van der Waals surface area contributed by atoms with E-state index in [2.05, 4.69) is 10.2 Å². The number of carbonyl (C=O) groups excluding carboxylic acids is 1. The summed E-state index contributed by atoms with van der Waals surface area (Å²) in [5, 5.41) is 12.6. The zero-order chi connectivity index (χ0) is 14.1. The molecule has 110 valence electrons. The molecule has 0 bridgehead atoms. The van der Waals surface area contributed by atoms with Gasteiger partial charge in [0.25, 0.3) is 5.09 Å². The second-order valence-electron chi connectivity index (χ2n) is 4.56. The van der Waals surface area contributed by atoms with Gasteiger partial charge in [-0.25, -0.2) is 0 Å². The zero-order valence-corrected chi connectivity index (χ0v) is 12.6. The second-order valence-corrected chi connectivity index (χ2v) is 7.35. The van der Waals surface area contributed by atoms with Crippen molar-refractivity contribution in [3.8, 4) is 0 Å². The SMILES string of the molecule is CC(CO[N+](=O)[O-])NC(=O)CCCCC1CCSS1. The maximum Gasteiger partial charge on any atom is 0.294 e. The second kappa shape index (κ2) is 9.30. The summed E-state index contributed by atoms with van der Waals surface area (Å²) in [6.45, 7) is 1.59. The molecule has 0 spiro atoms. The summed E-state index contributed by atoms with van der Waals surface area (Å²) in [6.07, 6.45) is 4.86. The minimum atomic E-state index is -0.847. The van der Waals surface area contributed by atoms with Crippen molar-refractivity contribution in [2.75, 3.05) is 12.4 Å². The number of nitrogens with one attached hydrogen (secondary N) is 1. The predicted molar refractivity (Wildman–Crippen MR) is 77.5 cm³/mol. The Bertz CT molecular complexity index is 298. The standard InChI is InChI=1S/C11H20N2O4S2/c1-9(8-17-13(15)16)12-11(14)5-3-2-4-10-6-7-18-19-10/h9-10H,2-8H2,1H3,(H,12,14).